The van der Waals surface area contributed by atoms with Gasteiger partial charge in [0.15, 0.2) is 0 Å². The molecule has 2 saturated heterocycles. The van der Waals surface area contributed by atoms with Crippen molar-refractivity contribution in [2.75, 3.05) is 33.4 Å². The molecule has 2 atom stereocenters. The zero-order valence-electron chi connectivity index (χ0n) is 18.2. The van der Waals surface area contributed by atoms with Crippen molar-refractivity contribution in [1.82, 2.24) is 9.80 Å². The van der Waals surface area contributed by atoms with Crippen molar-refractivity contribution in [3.63, 3.8) is 0 Å². The molecule has 3 nitrogen and oxygen atoms in total. The highest BCUT2D eigenvalue weighted by Crippen LogP contribution is 2.37. The number of rotatable bonds is 5. The Morgan fingerprint density at radius 1 is 1.24 bits per heavy atom. The molecule has 2 aliphatic rings. The number of benzene rings is 1. The first-order valence-electron chi connectivity index (χ1n) is 10.7. The average molecular weight is 413 g/mol. The Balaban J connectivity index is 1.82. The van der Waals surface area contributed by atoms with E-state index in [9.17, 15) is 13.2 Å². The third kappa shape index (κ3) is 5.33. The molecule has 1 aromatic rings. The highest BCUT2D eigenvalue weighted by atomic mass is 19.4. The van der Waals surface area contributed by atoms with Gasteiger partial charge in [-0.2, -0.15) is 13.2 Å². The molecule has 2 heterocycles. The Morgan fingerprint density at radius 2 is 2.00 bits per heavy atom. The number of aryl methyl sites for hydroxylation is 1. The zero-order valence-corrected chi connectivity index (χ0v) is 18.2. The summed E-state index contributed by atoms with van der Waals surface area (Å²) in [5.74, 6) is 0. The van der Waals surface area contributed by atoms with E-state index < -0.39 is 11.7 Å². The van der Waals surface area contributed by atoms with Gasteiger partial charge in [-0.25, -0.2) is 0 Å². The van der Waals surface area contributed by atoms with Gasteiger partial charge in [-0.1, -0.05) is 18.2 Å². The van der Waals surface area contributed by atoms with Crippen LogP contribution >= 0.6 is 0 Å². The first-order valence-corrected chi connectivity index (χ1v) is 10.7. The summed E-state index contributed by atoms with van der Waals surface area (Å²) in [6.45, 7) is 10.3. The Labute approximate surface area is 173 Å². The van der Waals surface area contributed by atoms with Crippen LogP contribution in [0.25, 0.3) is 0 Å². The molecule has 2 fully saturated rings. The van der Waals surface area contributed by atoms with Crippen LogP contribution in [0.3, 0.4) is 0 Å². The number of likely N-dealkylation sites (N-methyl/N-ethyl adjacent to an activating group) is 1. The molecule has 3 rings (SSSR count). The van der Waals surface area contributed by atoms with Crippen LogP contribution < -0.4 is 0 Å². The van der Waals surface area contributed by atoms with Gasteiger partial charge in [0.1, 0.15) is 0 Å². The van der Waals surface area contributed by atoms with Crippen molar-refractivity contribution in [2.24, 2.45) is 0 Å². The molecule has 0 N–H and O–H groups in total. The predicted octanol–water partition coefficient (Wildman–Crippen LogP) is 4.99. The first-order chi connectivity index (χ1) is 13.5. The predicted molar refractivity (Wildman–Crippen MR) is 110 cm³/mol. The number of alkyl halides is 3. The molecule has 2 aliphatic heterocycles. The summed E-state index contributed by atoms with van der Waals surface area (Å²) >= 11 is 0. The second-order valence-electron chi connectivity index (χ2n) is 9.75. The van der Waals surface area contributed by atoms with E-state index in [4.69, 9.17) is 4.74 Å². The fourth-order valence-electron chi connectivity index (χ4n) is 4.85. The number of hydrogen-bond donors (Lipinski definition) is 0. The van der Waals surface area contributed by atoms with E-state index in [1.54, 1.807) is 0 Å². The lowest BCUT2D eigenvalue weighted by Gasteiger charge is -2.53. The van der Waals surface area contributed by atoms with Crippen molar-refractivity contribution in [1.29, 1.82) is 0 Å². The third-order valence-electron chi connectivity index (χ3n) is 6.84. The summed E-state index contributed by atoms with van der Waals surface area (Å²) in [5, 5.41) is 0. The van der Waals surface area contributed by atoms with Gasteiger partial charge >= 0.3 is 6.18 Å². The Hall–Kier alpha value is -1.11. The molecule has 0 saturated carbocycles. The summed E-state index contributed by atoms with van der Waals surface area (Å²) in [6, 6.07) is 6.21. The van der Waals surface area contributed by atoms with E-state index in [1.807, 2.05) is 6.07 Å². The molecule has 6 heteroatoms. The Morgan fingerprint density at radius 3 is 2.62 bits per heavy atom. The number of nitrogens with zero attached hydrogens (tertiary/aromatic N) is 2. The lowest BCUT2D eigenvalue weighted by atomic mass is 9.79. The molecule has 0 bridgehead atoms. The molecule has 0 aromatic heterocycles. The van der Waals surface area contributed by atoms with E-state index in [-0.39, 0.29) is 11.1 Å². The molecule has 0 amide bonds. The van der Waals surface area contributed by atoms with E-state index in [2.05, 4.69) is 37.6 Å². The Bertz CT molecular complexity index is 679. The van der Waals surface area contributed by atoms with Crippen LogP contribution in [0.1, 0.15) is 57.6 Å². The molecule has 0 unspecified atom stereocenters. The van der Waals surface area contributed by atoms with Crippen LogP contribution in [0.4, 0.5) is 13.2 Å². The average Bonchev–Trinajstić information content (AvgIpc) is 3.19. The normalized spacial score (nSPS) is 27.0. The fraction of sp³-hybridized carbons (Fsp3) is 0.739. The molecular weight excluding hydrogens is 377 g/mol. The monoisotopic (exact) mass is 412 g/mol. The van der Waals surface area contributed by atoms with Crippen molar-refractivity contribution >= 4 is 0 Å². The number of piperidine rings is 1. The number of likely N-dealkylation sites (tertiary alicyclic amines) is 1. The zero-order chi connectivity index (χ0) is 21.3. The molecule has 0 spiro atoms. The van der Waals surface area contributed by atoms with Crippen LogP contribution in [0.2, 0.25) is 0 Å². The van der Waals surface area contributed by atoms with E-state index in [1.165, 1.54) is 12.1 Å². The van der Waals surface area contributed by atoms with Gasteiger partial charge in [-0.15, -0.1) is 0 Å². The summed E-state index contributed by atoms with van der Waals surface area (Å²) < 4.78 is 45.0. The van der Waals surface area contributed by atoms with Crippen LogP contribution in [0.15, 0.2) is 24.3 Å². The van der Waals surface area contributed by atoms with Crippen molar-refractivity contribution in [3.8, 4) is 0 Å². The lowest BCUT2D eigenvalue weighted by molar-refractivity contribution is -0.137. The molecule has 0 radical (unpaired) electrons. The summed E-state index contributed by atoms with van der Waals surface area (Å²) in [6.07, 6.45) is 0.425. The maximum Gasteiger partial charge on any atom is 0.416 e. The summed E-state index contributed by atoms with van der Waals surface area (Å²) in [4.78, 5) is 5.03. The maximum atomic E-state index is 13.1. The minimum Gasteiger partial charge on any atom is -0.380 e. The highest BCUT2D eigenvalue weighted by Gasteiger charge is 2.44. The van der Waals surface area contributed by atoms with Crippen LogP contribution in [0, 0.1) is 0 Å². The number of halogens is 3. The molecule has 0 aliphatic carbocycles. The van der Waals surface area contributed by atoms with Crippen molar-refractivity contribution in [3.05, 3.63) is 35.4 Å². The van der Waals surface area contributed by atoms with Gasteiger partial charge in [-0.3, -0.25) is 9.80 Å². The second-order valence-corrected chi connectivity index (χ2v) is 9.75. The minimum atomic E-state index is -4.29. The van der Waals surface area contributed by atoms with Gasteiger partial charge in [0.25, 0.3) is 0 Å². The molecule has 1 aromatic carbocycles. The topological polar surface area (TPSA) is 15.7 Å². The summed E-state index contributed by atoms with van der Waals surface area (Å²) in [7, 11) is 2.19. The standard InChI is InChI=1S/C23H35F3N2O/c1-21(2,3)28-13-6-11-22(17-28,27(4)20-10-14-29-16-20)12-9-18-7-5-8-19(15-18)23(24,25)26/h5,7-8,15,20H,6,9-14,16-17H2,1-4H3/t20-,22+/m1/s1. The van der Waals surface area contributed by atoms with Gasteiger partial charge < -0.3 is 4.74 Å². The number of hydrogen-bond acceptors (Lipinski definition) is 3. The van der Waals surface area contributed by atoms with Crippen molar-refractivity contribution < 1.29 is 17.9 Å². The number of ether oxygens (including phenoxy) is 1. The van der Waals surface area contributed by atoms with E-state index in [0.29, 0.717) is 12.5 Å². The van der Waals surface area contributed by atoms with Gasteiger partial charge in [-0.05, 0) is 78.1 Å². The fourth-order valence-corrected chi connectivity index (χ4v) is 4.85. The summed E-state index contributed by atoms with van der Waals surface area (Å²) in [5.41, 5.74) is 0.247. The van der Waals surface area contributed by atoms with Gasteiger partial charge in [0.05, 0.1) is 12.2 Å². The first kappa shape index (κ1) is 22.6. The smallest absolute Gasteiger partial charge is 0.380 e. The third-order valence-corrected chi connectivity index (χ3v) is 6.84. The molecule has 29 heavy (non-hydrogen) atoms. The van der Waals surface area contributed by atoms with Crippen LogP contribution in [0.5, 0.6) is 0 Å². The lowest BCUT2D eigenvalue weighted by Crippen LogP contribution is -2.63. The van der Waals surface area contributed by atoms with Gasteiger partial charge in [0, 0.05) is 30.3 Å². The maximum absolute atomic E-state index is 13.1. The van der Waals surface area contributed by atoms with Crippen LogP contribution in [-0.2, 0) is 17.3 Å². The minimum absolute atomic E-state index is 0.0435. The van der Waals surface area contributed by atoms with Gasteiger partial charge in [0.2, 0.25) is 0 Å². The molecular formula is C23H35F3N2O. The largest absolute Gasteiger partial charge is 0.416 e. The highest BCUT2D eigenvalue weighted by molar-refractivity contribution is 5.26. The van der Waals surface area contributed by atoms with Crippen molar-refractivity contribution in [2.45, 2.75) is 76.2 Å². The van der Waals surface area contributed by atoms with Crippen LogP contribution in [-0.4, -0.2) is 60.3 Å². The second kappa shape index (κ2) is 8.56. The molecule has 164 valence electrons. The quantitative estimate of drug-likeness (QED) is 0.678. The van der Waals surface area contributed by atoms with E-state index in [0.717, 1.165) is 63.6 Å². The SMILES string of the molecule is CN([C@@H]1CCOC1)[C@]1(CCc2cccc(C(F)(F)F)c2)CCCN(C(C)(C)C)C1. The Kier molecular flexibility index (Phi) is 6.66. The van der Waals surface area contributed by atoms with E-state index >= 15 is 0 Å².